The summed E-state index contributed by atoms with van der Waals surface area (Å²) in [5.41, 5.74) is 0.961. The van der Waals surface area contributed by atoms with Crippen LogP contribution in [0.15, 0.2) is 36.4 Å². The van der Waals surface area contributed by atoms with E-state index in [1.807, 2.05) is 0 Å². The van der Waals surface area contributed by atoms with Gasteiger partial charge in [0, 0.05) is 18.2 Å². The monoisotopic (exact) mass is 380 g/mol. The van der Waals surface area contributed by atoms with Crippen LogP contribution in [-0.2, 0) is 0 Å². The summed E-state index contributed by atoms with van der Waals surface area (Å²) < 4.78 is 15.5. The summed E-state index contributed by atoms with van der Waals surface area (Å²) in [6.45, 7) is -0.00158. The molecule has 0 aliphatic heterocycles. The van der Waals surface area contributed by atoms with Crippen molar-refractivity contribution in [3.05, 3.63) is 47.0 Å². The first kappa shape index (κ1) is 19.7. The van der Waals surface area contributed by atoms with Crippen molar-refractivity contribution in [2.75, 3.05) is 33.2 Å². The maximum atomic E-state index is 12.1. The topological polar surface area (TPSA) is 89.1 Å². The molecule has 0 saturated heterocycles. The zero-order valence-corrected chi connectivity index (χ0v) is 15.5. The Morgan fingerprint density at radius 3 is 2.38 bits per heavy atom. The van der Waals surface area contributed by atoms with E-state index >= 15 is 0 Å². The van der Waals surface area contributed by atoms with Gasteiger partial charge >= 0.3 is 6.03 Å². The number of hydrogen-bond donors (Lipinski definition) is 3. The minimum absolute atomic E-state index is 0.00158. The second-order valence-corrected chi connectivity index (χ2v) is 5.69. The highest BCUT2D eigenvalue weighted by Gasteiger charge is 2.16. The molecule has 0 aromatic heterocycles. The molecule has 140 valence electrons. The van der Waals surface area contributed by atoms with Gasteiger partial charge in [-0.05, 0) is 12.1 Å². The molecular weight excluding hydrogens is 360 g/mol. The van der Waals surface area contributed by atoms with Crippen LogP contribution in [-0.4, -0.2) is 39.0 Å². The van der Waals surface area contributed by atoms with Crippen molar-refractivity contribution in [2.24, 2.45) is 0 Å². The number of halogens is 1. The van der Waals surface area contributed by atoms with Crippen LogP contribution in [0, 0.1) is 0 Å². The molecule has 1 unspecified atom stereocenters. The molecule has 0 aliphatic rings. The molecule has 8 heteroatoms. The van der Waals surface area contributed by atoms with Crippen LogP contribution < -0.4 is 24.8 Å². The average molecular weight is 381 g/mol. The van der Waals surface area contributed by atoms with Gasteiger partial charge in [0.05, 0.1) is 38.1 Å². The Kier molecular flexibility index (Phi) is 6.94. The largest absolute Gasteiger partial charge is 0.496 e. The average Bonchev–Trinajstić information content (AvgIpc) is 2.66. The molecule has 0 bridgehead atoms. The maximum absolute atomic E-state index is 12.1. The van der Waals surface area contributed by atoms with Gasteiger partial charge in [0.25, 0.3) is 0 Å². The molecule has 0 heterocycles. The Hall–Kier alpha value is -2.64. The third-order valence-electron chi connectivity index (χ3n) is 3.68. The number of ether oxygens (including phenoxy) is 3. The lowest BCUT2D eigenvalue weighted by molar-refractivity contribution is 0.171. The molecule has 2 amide bonds. The van der Waals surface area contributed by atoms with Gasteiger partial charge in [-0.2, -0.15) is 0 Å². The van der Waals surface area contributed by atoms with Gasteiger partial charge in [0.1, 0.15) is 17.2 Å². The Morgan fingerprint density at radius 2 is 1.73 bits per heavy atom. The Bertz CT molecular complexity index is 769. The third-order valence-corrected chi connectivity index (χ3v) is 3.97. The molecule has 0 fully saturated rings. The van der Waals surface area contributed by atoms with E-state index in [1.165, 1.54) is 27.4 Å². The number of urea groups is 1. The van der Waals surface area contributed by atoms with Crippen LogP contribution in [0.2, 0.25) is 5.02 Å². The number of rotatable bonds is 7. The van der Waals surface area contributed by atoms with E-state index < -0.39 is 12.1 Å². The summed E-state index contributed by atoms with van der Waals surface area (Å²) in [6, 6.07) is 9.63. The first-order chi connectivity index (χ1) is 12.5. The fourth-order valence-electron chi connectivity index (χ4n) is 2.37. The molecular formula is C18H21ClN2O5. The molecule has 2 rings (SSSR count). The summed E-state index contributed by atoms with van der Waals surface area (Å²) in [5.74, 6) is 1.37. The fraction of sp³-hybridized carbons (Fsp3) is 0.278. The van der Waals surface area contributed by atoms with Crippen LogP contribution in [0.3, 0.4) is 0 Å². The van der Waals surface area contributed by atoms with Crippen LogP contribution in [0.1, 0.15) is 11.7 Å². The summed E-state index contributed by atoms with van der Waals surface area (Å²) in [6.07, 6.45) is -0.918. The summed E-state index contributed by atoms with van der Waals surface area (Å²) in [4.78, 5) is 12.1. The second kappa shape index (κ2) is 9.17. The number of amides is 2. The zero-order valence-electron chi connectivity index (χ0n) is 14.7. The minimum Gasteiger partial charge on any atom is -0.496 e. The van der Waals surface area contributed by atoms with Gasteiger partial charge in [-0.3, -0.25) is 0 Å². The summed E-state index contributed by atoms with van der Waals surface area (Å²) >= 11 is 6.08. The first-order valence-electron chi connectivity index (χ1n) is 7.77. The number of benzene rings is 2. The van der Waals surface area contributed by atoms with Crippen molar-refractivity contribution in [3.63, 3.8) is 0 Å². The number of carbonyl (C=O) groups excluding carboxylic acids is 1. The second-order valence-electron chi connectivity index (χ2n) is 5.28. The van der Waals surface area contributed by atoms with Crippen LogP contribution >= 0.6 is 11.6 Å². The highest BCUT2D eigenvalue weighted by Crippen LogP contribution is 2.35. The van der Waals surface area contributed by atoms with E-state index in [0.29, 0.717) is 33.5 Å². The molecule has 0 aliphatic carbocycles. The minimum atomic E-state index is -0.918. The molecule has 0 spiro atoms. The molecule has 1 atom stereocenters. The highest BCUT2D eigenvalue weighted by molar-refractivity contribution is 6.32. The summed E-state index contributed by atoms with van der Waals surface area (Å²) in [7, 11) is 4.47. The maximum Gasteiger partial charge on any atom is 0.319 e. The molecule has 0 saturated carbocycles. The number of methoxy groups -OCH3 is 3. The predicted molar refractivity (Wildman–Crippen MR) is 99.5 cm³/mol. The van der Waals surface area contributed by atoms with E-state index in [0.717, 1.165) is 0 Å². The van der Waals surface area contributed by atoms with E-state index in [1.54, 1.807) is 30.3 Å². The number of aliphatic hydroxyl groups is 1. The normalized spacial score (nSPS) is 11.4. The number of carbonyl (C=O) groups is 1. The number of para-hydroxylation sites is 1. The quantitative estimate of drug-likeness (QED) is 0.686. The van der Waals surface area contributed by atoms with E-state index in [9.17, 15) is 9.90 Å². The van der Waals surface area contributed by atoms with E-state index in [2.05, 4.69) is 10.6 Å². The van der Waals surface area contributed by atoms with Crippen LogP contribution in [0.25, 0.3) is 0 Å². The lowest BCUT2D eigenvalue weighted by Crippen LogP contribution is -2.32. The van der Waals surface area contributed by atoms with Crippen molar-refractivity contribution in [2.45, 2.75) is 6.10 Å². The first-order valence-corrected chi connectivity index (χ1v) is 8.15. The molecule has 2 aromatic rings. The SMILES string of the molecule is COc1cc(OC)c(NC(=O)NCC(O)c2ccccc2OC)cc1Cl. The van der Waals surface area contributed by atoms with Crippen molar-refractivity contribution in [1.29, 1.82) is 0 Å². The van der Waals surface area contributed by atoms with E-state index in [4.69, 9.17) is 25.8 Å². The highest BCUT2D eigenvalue weighted by atomic mass is 35.5. The number of anilines is 1. The molecule has 0 radical (unpaired) electrons. The Labute approximate surface area is 156 Å². The van der Waals surface area contributed by atoms with Crippen molar-refractivity contribution in [3.8, 4) is 17.2 Å². The smallest absolute Gasteiger partial charge is 0.319 e. The van der Waals surface area contributed by atoms with Crippen molar-refractivity contribution < 1.29 is 24.1 Å². The van der Waals surface area contributed by atoms with Crippen molar-refractivity contribution >= 4 is 23.3 Å². The molecule has 7 nitrogen and oxygen atoms in total. The van der Waals surface area contributed by atoms with Gasteiger partial charge in [-0.15, -0.1) is 0 Å². The lowest BCUT2D eigenvalue weighted by Gasteiger charge is -2.17. The molecule has 3 N–H and O–H groups in total. The predicted octanol–water partition coefficient (Wildman–Crippen LogP) is 3.22. The molecule has 2 aromatic carbocycles. The standard InChI is InChI=1S/C18H21ClN2O5/c1-24-15-7-5-4-6-11(15)14(22)10-20-18(23)21-13-8-12(19)16(25-2)9-17(13)26-3/h4-9,14,22H,10H2,1-3H3,(H2,20,21,23). The van der Waals surface area contributed by atoms with Crippen LogP contribution in [0.5, 0.6) is 17.2 Å². The van der Waals surface area contributed by atoms with Gasteiger partial charge in [-0.25, -0.2) is 4.79 Å². The lowest BCUT2D eigenvalue weighted by atomic mass is 10.1. The van der Waals surface area contributed by atoms with Crippen molar-refractivity contribution in [1.82, 2.24) is 5.32 Å². The van der Waals surface area contributed by atoms with Gasteiger partial charge in [-0.1, -0.05) is 29.8 Å². The number of hydrogen-bond acceptors (Lipinski definition) is 5. The number of nitrogens with one attached hydrogen (secondary N) is 2. The summed E-state index contributed by atoms with van der Waals surface area (Å²) in [5, 5.41) is 15.8. The fourth-order valence-corrected chi connectivity index (χ4v) is 2.61. The van der Waals surface area contributed by atoms with Gasteiger partial charge in [0.15, 0.2) is 0 Å². The van der Waals surface area contributed by atoms with Crippen LogP contribution in [0.4, 0.5) is 10.5 Å². The third kappa shape index (κ3) is 4.71. The van der Waals surface area contributed by atoms with Gasteiger partial charge < -0.3 is 30.0 Å². The molecule has 26 heavy (non-hydrogen) atoms. The zero-order chi connectivity index (χ0) is 19.1. The van der Waals surface area contributed by atoms with E-state index in [-0.39, 0.29) is 6.54 Å². The Balaban J connectivity index is 2.02. The number of aliphatic hydroxyl groups excluding tert-OH is 1. The Morgan fingerprint density at radius 1 is 1.08 bits per heavy atom. The van der Waals surface area contributed by atoms with Gasteiger partial charge in [0.2, 0.25) is 0 Å².